The highest BCUT2D eigenvalue weighted by Gasteiger charge is 2.46. The van der Waals surface area contributed by atoms with E-state index < -0.39 is 28.2 Å². The van der Waals surface area contributed by atoms with Gasteiger partial charge in [-0.05, 0) is 49.1 Å². The first-order valence-electron chi connectivity index (χ1n) is 12.1. The zero-order valence-electron chi connectivity index (χ0n) is 19.8. The van der Waals surface area contributed by atoms with E-state index in [9.17, 15) is 27.6 Å². The van der Waals surface area contributed by atoms with Crippen molar-refractivity contribution < 1.29 is 32.3 Å². The van der Waals surface area contributed by atoms with E-state index in [1.54, 1.807) is 18.2 Å². The van der Waals surface area contributed by atoms with Crippen LogP contribution in [0.2, 0.25) is 0 Å². The number of amides is 3. The van der Waals surface area contributed by atoms with Crippen molar-refractivity contribution in [3.8, 4) is 5.75 Å². The first-order chi connectivity index (χ1) is 17.6. The third-order valence-electron chi connectivity index (χ3n) is 7.10. The zero-order valence-corrected chi connectivity index (χ0v) is 21.9. The molecular weight excluding hydrogens is 602 g/mol. The van der Waals surface area contributed by atoms with Crippen molar-refractivity contribution in [3.63, 3.8) is 0 Å². The topological polar surface area (TPSA) is 79.0 Å². The van der Waals surface area contributed by atoms with E-state index in [1.165, 1.54) is 9.80 Å². The summed E-state index contributed by atoms with van der Waals surface area (Å²) >= 11 is 2.11. The molecule has 2 aromatic rings. The molecule has 1 N–H and O–H groups in total. The van der Waals surface area contributed by atoms with Gasteiger partial charge < -0.3 is 9.64 Å². The van der Waals surface area contributed by atoms with Crippen LogP contribution in [0.25, 0.3) is 0 Å². The molecule has 2 aromatic carbocycles. The molecule has 196 valence electrons. The SMILES string of the molecule is O=C1CCC(N2C(=O)c3cccc(OCc4ccc(CN5CCCC5C(F)(F)F)cc4)c3C2I)C(=O)N1. The van der Waals surface area contributed by atoms with Crippen molar-refractivity contribution in [1.29, 1.82) is 0 Å². The maximum Gasteiger partial charge on any atom is 0.404 e. The van der Waals surface area contributed by atoms with Crippen molar-refractivity contribution in [3.05, 3.63) is 64.7 Å². The van der Waals surface area contributed by atoms with Gasteiger partial charge in [0.05, 0.1) is 0 Å². The average Bonchev–Trinajstić information content (AvgIpc) is 3.42. The van der Waals surface area contributed by atoms with Crippen LogP contribution in [0.4, 0.5) is 13.2 Å². The van der Waals surface area contributed by atoms with E-state index >= 15 is 0 Å². The van der Waals surface area contributed by atoms with E-state index in [4.69, 9.17) is 4.74 Å². The first-order valence-corrected chi connectivity index (χ1v) is 13.3. The van der Waals surface area contributed by atoms with Crippen molar-refractivity contribution >= 4 is 40.3 Å². The van der Waals surface area contributed by atoms with E-state index in [1.807, 2.05) is 24.3 Å². The van der Waals surface area contributed by atoms with E-state index in [0.717, 1.165) is 11.1 Å². The number of rotatable bonds is 6. The molecule has 3 atom stereocenters. The second-order valence-corrected chi connectivity index (χ2v) is 10.7. The second kappa shape index (κ2) is 10.2. The van der Waals surface area contributed by atoms with Crippen LogP contribution < -0.4 is 10.1 Å². The number of carbonyl (C=O) groups excluding carboxylic acids is 3. The number of hydrogen-bond donors (Lipinski definition) is 1. The number of carbonyl (C=O) groups is 3. The van der Waals surface area contributed by atoms with Gasteiger partial charge in [-0.1, -0.05) is 52.9 Å². The lowest BCUT2D eigenvalue weighted by Crippen LogP contribution is -2.52. The van der Waals surface area contributed by atoms with Gasteiger partial charge in [0, 0.05) is 24.1 Å². The first kappa shape index (κ1) is 26.0. The van der Waals surface area contributed by atoms with Crippen molar-refractivity contribution in [2.45, 2.75) is 61.1 Å². The van der Waals surface area contributed by atoms with Gasteiger partial charge in [0.25, 0.3) is 5.91 Å². The van der Waals surface area contributed by atoms with Gasteiger partial charge >= 0.3 is 6.18 Å². The summed E-state index contributed by atoms with van der Waals surface area (Å²) < 4.78 is 45.3. The molecule has 0 bridgehead atoms. The van der Waals surface area contributed by atoms with Crippen LogP contribution in [-0.2, 0) is 22.7 Å². The number of hydrogen-bond acceptors (Lipinski definition) is 5. The van der Waals surface area contributed by atoms with Gasteiger partial charge in [-0.2, -0.15) is 13.2 Å². The lowest BCUT2D eigenvalue weighted by molar-refractivity contribution is -0.177. The quantitative estimate of drug-likeness (QED) is 0.221. The molecule has 0 spiro atoms. The lowest BCUT2D eigenvalue weighted by Gasteiger charge is -2.32. The maximum absolute atomic E-state index is 13.2. The fraction of sp³-hybridized carbons (Fsp3) is 0.423. The van der Waals surface area contributed by atoms with Crippen LogP contribution in [0.15, 0.2) is 42.5 Å². The van der Waals surface area contributed by atoms with Crippen LogP contribution in [0, 0.1) is 0 Å². The Morgan fingerprint density at radius 1 is 1.03 bits per heavy atom. The second-order valence-electron chi connectivity index (χ2n) is 9.51. The van der Waals surface area contributed by atoms with Crippen LogP contribution in [-0.4, -0.2) is 52.3 Å². The van der Waals surface area contributed by atoms with Crippen LogP contribution >= 0.6 is 22.6 Å². The summed E-state index contributed by atoms with van der Waals surface area (Å²) in [4.78, 5) is 40.1. The van der Waals surface area contributed by atoms with Gasteiger partial charge in [-0.25, -0.2) is 0 Å². The number of nitrogens with zero attached hydrogens (tertiary/aromatic N) is 2. The summed E-state index contributed by atoms with van der Waals surface area (Å²) in [6.07, 6.45) is -3.09. The van der Waals surface area contributed by atoms with Crippen molar-refractivity contribution in [2.75, 3.05) is 6.54 Å². The molecule has 3 unspecified atom stereocenters. The largest absolute Gasteiger partial charge is 0.488 e. The number of ether oxygens (including phenoxy) is 1. The monoisotopic (exact) mass is 627 g/mol. The molecule has 0 aliphatic carbocycles. The van der Waals surface area contributed by atoms with E-state index in [-0.39, 0.29) is 44.2 Å². The van der Waals surface area contributed by atoms with Crippen LogP contribution in [0.3, 0.4) is 0 Å². The molecule has 5 rings (SSSR count). The number of alkyl halides is 4. The molecule has 11 heteroatoms. The standard InChI is InChI=1S/C26H25F3IN3O4/c27-26(28,29)20-5-2-12-32(20)13-15-6-8-16(9-7-15)14-37-19-4-1-3-17-22(19)23(30)33(25(17)36)18-10-11-21(34)31-24(18)35/h1,3-4,6-9,18,20,23H,2,5,10-14H2,(H,31,34,35). The third-order valence-corrected chi connectivity index (χ3v) is 8.33. The number of benzene rings is 2. The Balaban J connectivity index is 1.26. The van der Waals surface area contributed by atoms with E-state index in [0.29, 0.717) is 29.8 Å². The third kappa shape index (κ3) is 5.20. The number of likely N-dealkylation sites (tertiary alicyclic amines) is 1. The summed E-state index contributed by atoms with van der Waals surface area (Å²) in [7, 11) is 0. The number of fused-ring (bicyclic) bond motifs is 1. The molecule has 2 saturated heterocycles. The normalized spacial score (nSPS) is 24.4. The Labute approximate surface area is 225 Å². The minimum Gasteiger partial charge on any atom is -0.488 e. The highest BCUT2D eigenvalue weighted by atomic mass is 127. The Hall–Kier alpha value is -2.67. The number of imide groups is 1. The predicted molar refractivity (Wildman–Crippen MR) is 136 cm³/mol. The molecule has 3 aliphatic rings. The van der Waals surface area contributed by atoms with Gasteiger partial charge in [0.2, 0.25) is 11.8 Å². The fourth-order valence-electron chi connectivity index (χ4n) is 5.25. The molecular formula is C26H25F3IN3O4. The van der Waals surface area contributed by atoms with Gasteiger partial charge in [0.15, 0.2) is 0 Å². The van der Waals surface area contributed by atoms with E-state index in [2.05, 4.69) is 27.9 Å². The minimum absolute atomic E-state index is 0.137. The van der Waals surface area contributed by atoms with Crippen molar-refractivity contribution in [2.24, 2.45) is 0 Å². The Morgan fingerprint density at radius 3 is 2.46 bits per heavy atom. The molecule has 3 heterocycles. The Kier molecular flexibility index (Phi) is 7.18. The van der Waals surface area contributed by atoms with Crippen LogP contribution in [0.5, 0.6) is 5.75 Å². The Morgan fingerprint density at radius 2 is 1.76 bits per heavy atom. The van der Waals surface area contributed by atoms with Gasteiger partial charge in [-0.3, -0.25) is 24.6 Å². The summed E-state index contributed by atoms with van der Waals surface area (Å²) in [5, 5.41) is 2.31. The highest BCUT2D eigenvalue weighted by Crippen LogP contribution is 2.45. The minimum atomic E-state index is -4.22. The molecule has 37 heavy (non-hydrogen) atoms. The molecule has 2 fully saturated rings. The number of nitrogens with one attached hydrogen (secondary N) is 1. The average molecular weight is 627 g/mol. The molecule has 7 nitrogen and oxygen atoms in total. The summed E-state index contributed by atoms with van der Waals surface area (Å²) in [5.74, 6) is -0.574. The zero-order chi connectivity index (χ0) is 26.3. The molecule has 0 radical (unpaired) electrons. The van der Waals surface area contributed by atoms with Gasteiger partial charge in [0.1, 0.15) is 28.5 Å². The van der Waals surface area contributed by atoms with Gasteiger partial charge in [-0.15, -0.1) is 0 Å². The summed E-state index contributed by atoms with van der Waals surface area (Å²) in [5.41, 5.74) is 2.79. The lowest BCUT2D eigenvalue weighted by atomic mass is 10.0. The summed E-state index contributed by atoms with van der Waals surface area (Å²) in [6.45, 7) is 0.883. The molecule has 3 amide bonds. The predicted octanol–water partition coefficient (Wildman–Crippen LogP) is 4.49. The highest BCUT2D eigenvalue weighted by molar-refractivity contribution is 14.1. The Bertz CT molecular complexity index is 1220. The molecule has 0 aromatic heterocycles. The molecule has 0 saturated carbocycles. The molecule has 3 aliphatic heterocycles. The number of halogens is 4. The van der Waals surface area contributed by atoms with Crippen molar-refractivity contribution in [1.82, 2.24) is 15.1 Å². The maximum atomic E-state index is 13.2. The van der Waals surface area contributed by atoms with Crippen LogP contribution in [0.1, 0.15) is 56.8 Å². The number of piperidine rings is 1. The fourth-order valence-corrected chi connectivity index (χ4v) is 6.54. The smallest absolute Gasteiger partial charge is 0.404 e. The summed E-state index contributed by atoms with van der Waals surface area (Å²) in [6, 6.07) is 10.4.